The Labute approximate surface area is 210 Å². The Balaban J connectivity index is 1.55. The van der Waals surface area contributed by atoms with Crippen molar-refractivity contribution in [1.82, 2.24) is 0 Å². The molecule has 0 unspecified atom stereocenters. The molecule has 1 saturated heterocycles. The minimum Gasteiger partial charge on any atom is -0.455 e. The maximum atomic E-state index is 6.52. The molecule has 1 aliphatic heterocycles. The number of hydrogen-bond acceptors (Lipinski definition) is 3. The number of para-hydroxylation sites is 1. The van der Waals surface area contributed by atoms with E-state index in [0.29, 0.717) is 0 Å². The van der Waals surface area contributed by atoms with E-state index in [1.165, 1.54) is 0 Å². The van der Waals surface area contributed by atoms with E-state index in [9.17, 15) is 0 Å². The molecule has 5 aromatic carbocycles. The summed E-state index contributed by atoms with van der Waals surface area (Å²) in [5, 5.41) is 6.85. The summed E-state index contributed by atoms with van der Waals surface area (Å²) in [6.07, 6.45) is 0. The standard InChI is InChI=1S/C32H27BO3/c1-31(2)32(3,4)36-33(35-31)27-19-22(17-20-11-5-7-13-23(20)27)26-18-21-12-6-8-14-24(21)30-29(26)25-15-9-10-16-28(25)34-30/h5-19H,1-4H3. The quantitative estimate of drug-likeness (QED) is 0.242. The molecule has 1 aliphatic rings. The van der Waals surface area contributed by atoms with Crippen molar-refractivity contribution in [3.05, 3.63) is 91.0 Å². The van der Waals surface area contributed by atoms with E-state index in [1.807, 2.05) is 12.1 Å². The van der Waals surface area contributed by atoms with Crippen molar-refractivity contribution in [3.8, 4) is 11.1 Å². The van der Waals surface area contributed by atoms with Gasteiger partial charge in [0.2, 0.25) is 0 Å². The largest absolute Gasteiger partial charge is 0.495 e. The molecule has 7 rings (SSSR count). The zero-order valence-electron chi connectivity index (χ0n) is 21.0. The van der Waals surface area contributed by atoms with E-state index >= 15 is 0 Å². The number of furan rings is 1. The molecule has 1 fully saturated rings. The molecule has 0 bridgehead atoms. The van der Waals surface area contributed by atoms with Crippen LogP contribution in [0.2, 0.25) is 0 Å². The fourth-order valence-electron chi connectivity index (χ4n) is 5.45. The van der Waals surface area contributed by atoms with E-state index in [0.717, 1.165) is 60.1 Å². The van der Waals surface area contributed by atoms with Crippen LogP contribution in [0.4, 0.5) is 0 Å². The van der Waals surface area contributed by atoms with Gasteiger partial charge in [-0.1, -0.05) is 72.8 Å². The topological polar surface area (TPSA) is 31.6 Å². The number of rotatable bonds is 2. The molecule has 6 aromatic rings. The molecule has 0 atom stereocenters. The second-order valence-corrected chi connectivity index (χ2v) is 10.8. The molecule has 0 spiro atoms. The third-order valence-corrected chi connectivity index (χ3v) is 8.08. The maximum absolute atomic E-state index is 6.52. The van der Waals surface area contributed by atoms with Crippen molar-refractivity contribution in [2.45, 2.75) is 38.9 Å². The van der Waals surface area contributed by atoms with Gasteiger partial charge in [-0.2, -0.15) is 0 Å². The lowest BCUT2D eigenvalue weighted by Gasteiger charge is -2.32. The van der Waals surface area contributed by atoms with Gasteiger partial charge in [-0.15, -0.1) is 0 Å². The molecule has 0 aliphatic carbocycles. The van der Waals surface area contributed by atoms with Crippen molar-refractivity contribution in [2.24, 2.45) is 0 Å². The second-order valence-electron chi connectivity index (χ2n) is 10.8. The van der Waals surface area contributed by atoms with Gasteiger partial charge in [-0.25, -0.2) is 0 Å². The lowest BCUT2D eigenvalue weighted by Crippen LogP contribution is -2.41. The zero-order chi connectivity index (χ0) is 24.7. The lowest BCUT2D eigenvalue weighted by molar-refractivity contribution is 0.00578. The van der Waals surface area contributed by atoms with Crippen LogP contribution >= 0.6 is 0 Å². The summed E-state index contributed by atoms with van der Waals surface area (Å²) in [5.41, 5.74) is 4.33. The van der Waals surface area contributed by atoms with Crippen molar-refractivity contribution >= 4 is 56.1 Å². The minimum absolute atomic E-state index is 0.411. The summed E-state index contributed by atoms with van der Waals surface area (Å²) in [5.74, 6) is 0. The molecule has 36 heavy (non-hydrogen) atoms. The smallest absolute Gasteiger partial charge is 0.455 e. The Bertz CT molecular complexity index is 1800. The van der Waals surface area contributed by atoms with Crippen LogP contribution < -0.4 is 5.46 Å². The normalized spacial score (nSPS) is 17.1. The highest BCUT2D eigenvalue weighted by atomic mass is 16.7. The highest BCUT2D eigenvalue weighted by molar-refractivity contribution is 6.65. The Hall–Kier alpha value is -3.60. The molecule has 0 saturated carbocycles. The number of fused-ring (bicyclic) bond motifs is 6. The molecular formula is C32H27BO3. The van der Waals surface area contributed by atoms with Gasteiger partial charge in [-0.05, 0) is 78.6 Å². The fraction of sp³-hybridized carbons (Fsp3) is 0.188. The van der Waals surface area contributed by atoms with Crippen LogP contribution in [-0.4, -0.2) is 18.3 Å². The first-order chi connectivity index (χ1) is 17.3. The zero-order valence-corrected chi connectivity index (χ0v) is 21.0. The lowest BCUT2D eigenvalue weighted by atomic mass is 9.74. The summed E-state index contributed by atoms with van der Waals surface area (Å²) in [4.78, 5) is 0. The van der Waals surface area contributed by atoms with Gasteiger partial charge in [0.25, 0.3) is 0 Å². The molecule has 0 radical (unpaired) electrons. The first-order valence-corrected chi connectivity index (χ1v) is 12.5. The maximum Gasteiger partial charge on any atom is 0.495 e. The molecule has 2 heterocycles. The first-order valence-electron chi connectivity index (χ1n) is 12.5. The van der Waals surface area contributed by atoms with Gasteiger partial charge in [0.05, 0.1) is 11.2 Å². The number of hydrogen-bond donors (Lipinski definition) is 0. The van der Waals surface area contributed by atoms with Crippen molar-refractivity contribution in [1.29, 1.82) is 0 Å². The van der Waals surface area contributed by atoms with E-state index < -0.39 is 18.3 Å². The van der Waals surface area contributed by atoms with E-state index in [1.54, 1.807) is 0 Å². The summed E-state index contributed by atoms with van der Waals surface area (Å²) in [6.45, 7) is 8.40. The van der Waals surface area contributed by atoms with Crippen molar-refractivity contribution in [3.63, 3.8) is 0 Å². The second kappa shape index (κ2) is 7.46. The molecule has 0 amide bonds. The third-order valence-electron chi connectivity index (χ3n) is 8.08. The molecule has 1 aromatic heterocycles. The van der Waals surface area contributed by atoms with Crippen LogP contribution in [-0.2, 0) is 9.31 Å². The monoisotopic (exact) mass is 470 g/mol. The van der Waals surface area contributed by atoms with E-state index in [2.05, 4.69) is 107 Å². The first kappa shape index (κ1) is 21.7. The fourth-order valence-corrected chi connectivity index (χ4v) is 5.45. The third kappa shape index (κ3) is 3.08. The highest BCUT2D eigenvalue weighted by Gasteiger charge is 2.52. The van der Waals surface area contributed by atoms with Crippen molar-refractivity contribution < 1.29 is 13.7 Å². The summed E-state index contributed by atoms with van der Waals surface area (Å²) in [7, 11) is -0.447. The molecule has 176 valence electrons. The predicted molar refractivity (Wildman–Crippen MR) is 150 cm³/mol. The van der Waals surface area contributed by atoms with Gasteiger partial charge in [0, 0.05) is 16.2 Å². The van der Waals surface area contributed by atoms with Crippen LogP contribution in [0.3, 0.4) is 0 Å². The average Bonchev–Trinajstić information content (AvgIpc) is 3.36. The Morgan fingerprint density at radius 1 is 0.611 bits per heavy atom. The predicted octanol–water partition coefficient (Wildman–Crippen LogP) is 7.86. The van der Waals surface area contributed by atoms with Gasteiger partial charge in [-0.3, -0.25) is 0 Å². The van der Waals surface area contributed by atoms with E-state index in [-0.39, 0.29) is 0 Å². The van der Waals surface area contributed by atoms with E-state index in [4.69, 9.17) is 13.7 Å². The van der Waals surface area contributed by atoms with Gasteiger partial charge < -0.3 is 13.7 Å². The SMILES string of the molecule is CC1(C)OB(c2cc(-c3cc4ccccc4c4oc5ccccc5c34)cc3ccccc23)OC1(C)C. The molecule has 3 nitrogen and oxygen atoms in total. The summed E-state index contributed by atoms with van der Waals surface area (Å²) >= 11 is 0. The Morgan fingerprint density at radius 3 is 1.92 bits per heavy atom. The summed E-state index contributed by atoms with van der Waals surface area (Å²) < 4.78 is 19.5. The average molecular weight is 470 g/mol. The summed E-state index contributed by atoms with van der Waals surface area (Å²) in [6, 6.07) is 32.0. The van der Waals surface area contributed by atoms with Crippen LogP contribution in [0, 0.1) is 0 Å². The van der Waals surface area contributed by atoms with Crippen LogP contribution in [0.25, 0.3) is 54.6 Å². The van der Waals surface area contributed by atoms with Gasteiger partial charge >= 0.3 is 7.12 Å². The molecule has 0 N–H and O–H groups in total. The highest BCUT2D eigenvalue weighted by Crippen LogP contribution is 2.42. The van der Waals surface area contributed by atoms with Crippen LogP contribution in [0.15, 0.2) is 95.4 Å². The van der Waals surface area contributed by atoms with Crippen LogP contribution in [0.1, 0.15) is 27.7 Å². The minimum atomic E-state index is -0.447. The van der Waals surface area contributed by atoms with Crippen molar-refractivity contribution in [2.75, 3.05) is 0 Å². The molecular weight excluding hydrogens is 443 g/mol. The Morgan fingerprint density at radius 2 is 1.19 bits per heavy atom. The molecule has 4 heteroatoms. The number of benzene rings is 5. The van der Waals surface area contributed by atoms with Crippen LogP contribution in [0.5, 0.6) is 0 Å². The Kier molecular flexibility index (Phi) is 4.49. The van der Waals surface area contributed by atoms with Gasteiger partial charge in [0.1, 0.15) is 11.2 Å². The van der Waals surface area contributed by atoms with Gasteiger partial charge in [0.15, 0.2) is 0 Å².